The number of hydrogen-bond donors (Lipinski definition) is 2. The molecule has 0 fully saturated rings. The molecule has 4 N–H and O–H groups in total. The fourth-order valence-corrected chi connectivity index (χ4v) is 1.39. The van der Waals surface area contributed by atoms with Crippen LogP contribution in [0.2, 0.25) is 0 Å². The van der Waals surface area contributed by atoms with Crippen molar-refractivity contribution in [3.05, 3.63) is 35.9 Å². The fourth-order valence-electron chi connectivity index (χ4n) is 1.39. The van der Waals surface area contributed by atoms with Crippen molar-refractivity contribution in [2.45, 2.75) is 6.17 Å². The average Bonchev–Trinajstić information content (AvgIpc) is 2.33. The minimum absolute atomic E-state index is 0.0621. The summed E-state index contributed by atoms with van der Waals surface area (Å²) in [6, 6.07) is 11.2. The molecule has 2 rings (SSSR count). The molecule has 0 saturated carbocycles. The SMILES string of the molecule is N#CC1N=C(N)N=C(c2ccccc2)N1N. The van der Waals surface area contributed by atoms with Crippen LogP contribution in [0.4, 0.5) is 0 Å². The summed E-state index contributed by atoms with van der Waals surface area (Å²) in [7, 11) is 0. The predicted octanol–water partition coefficient (Wildman–Crippen LogP) is -0.213. The normalized spacial score (nSPS) is 19.8. The Hall–Kier alpha value is -2.39. The summed E-state index contributed by atoms with van der Waals surface area (Å²) in [5, 5.41) is 10.1. The maximum Gasteiger partial charge on any atom is 0.227 e. The zero-order chi connectivity index (χ0) is 11.5. The Morgan fingerprint density at radius 2 is 2.00 bits per heavy atom. The smallest absolute Gasteiger partial charge is 0.227 e. The summed E-state index contributed by atoms with van der Waals surface area (Å²) in [5.74, 6) is 6.25. The molecule has 6 heteroatoms. The van der Waals surface area contributed by atoms with E-state index in [0.29, 0.717) is 5.84 Å². The number of amidine groups is 1. The Bertz CT molecular complexity index is 484. The van der Waals surface area contributed by atoms with Gasteiger partial charge in [-0.25, -0.2) is 10.8 Å². The summed E-state index contributed by atoms with van der Waals surface area (Å²) in [6.07, 6.45) is -0.826. The molecule has 0 aliphatic carbocycles. The van der Waals surface area contributed by atoms with Gasteiger partial charge in [0.05, 0.1) is 0 Å². The maximum atomic E-state index is 8.85. The largest absolute Gasteiger partial charge is 0.368 e. The van der Waals surface area contributed by atoms with Crippen LogP contribution >= 0.6 is 0 Å². The number of rotatable bonds is 1. The molecule has 1 unspecified atom stereocenters. The summed E-state index contributed by atoms with van der Waals surface area (Å²) in [5.41, 5.74) is 6.31. The van der Waals surface area contributed by atoms with Crippen LogP contribution < -0.4 is 11.6 Å². The van der Waals surface area contributed by atoms with E-state index in [4.69, 9.17) is 16.8 Å². The van der Waals surface area contributed by atoms with Gasteiger partial charge in [0.1, 0.15) is 6.07 Å². The third-order valence-corrected chi connectivity index (χ3v) is 2.13. The Morgan fingerprint density at radius 1 is 1.31 bits per heavy atom. The fraction of sp³-hybridized carbons (Fsp3) is 0.100. The van der Waals surface area contributed by atoms with Crippen molar-refractivity contribution < 1.29 is 0 Å². The lowest BCUT2D eigenvalue weighted by Gasteiger charge is -2.25. The van der Waals surface area contributed by atoms with Crippen molar-refractivity contribution in [1.29, 1.82) is 5.26 Å². The van der Waals surface area contributed by atoms with E-state index in [-0.39, 0.29) is 5.96 Å². The van der Waals surface area contributed by atoms with E-state index < -0.39 is 6.17 Å². The van der Waals surface area contributed by atoms with E-state index in [9.17, 15) is 0 Å². The van der Waals surface area contributed by atoms with E-state index >= 15 is 0 Å². The molecule has 0 aromatic heterocycles. The van der Waals surface area contributed by atoms with Gasteiger partial charge in [-0.15, -0.1) is 0 Å². The monoisotopic (exact) mass is 214 g/mol. The quantitative estimate of drug-likeness (QED) is 0.631. The molecule has 1 aromatic carbocycles. The molecule has 16 heavy (non-hydrogen) atoms. The lowest BCUT2D eigenvalue weighted by Crippen LogP contribution is -2.48. The molecule has 1 aromatic rings. The van der Waals surface area contributed by atoms with Gasteiger partial charge in [0.15, 0.2) is 5.84 Å². The second kappa shape index (κ2) is 4.00. The summed E-state index contributed by atoms with van der Waals surface area (Å²) in [4.78, 5) is 7.83. The van der Waals surface area contributed by atoms with E-state index in [2.05, 4.69) is 9.98 Å². The number of benzene rings is 1. The van der Waals surface area contributed by atoms with Crippen LogP contribution in [0.25, 0.3) is 0 Å². The Kier molecular flexibility index (Phi) is 2.54. The van der Waals surface area contributed by atoms with E-state index in [1.54, 1.807) is 0 Å². The van der Waals surface area contributed by atoms with E-state index in [0.717, 1.165) is 5.56 Å². The van der Waals surface area contributed by atoms with Crippen LogP contribution in [0.15, 0.2) is 40.3 Å². The molecule has 0 radical (unpaired) electrons. The lowest BCUT2D eigenvalue weighted by atomic mass is 10.2. The van der Waals surface area contributed by atoms with Crippen molar-refractivity contribution in [1.82, 2.24) is 5.01 Å². The van der Waals surface area contributed by atoms with E-state index in [1.165, 1.54) is 5.01 Å². The van der Waals surface area contributed by atoms with Crippen LogP contribution in [0, 0.1) is 11.3 Å². The highest BCUT2D eigenvalue weighted by atomic mass is 15.5. The van der Waals surface area contributed by atoms with Gasteiger partial charge >= 0.3 is 0 Å². The molecule has 1 atom stereocenters. The average molecular weight is 214 g/mol. The molecule has 0 bridgehead atoms. The predicted molar refractivity (Wildman–Crippen MR) is 60.0 cm³/mol. The molecule has 6 nitrogen and oxygen atoms in total. The molecular formula is C10H10N6. The number of nitrogens with zero attached hydrogens (tertiary/aromatic N) is 4. The van der Waals surface area contributed by atoms with Gasteiger partial charge in [-0.1, -0.05) is 30.3 Å². The molecule has 0 spiro atoms. The number of nitrogens with two attached hydrogens (primary N) is 2. The first-order chi connectivity index (χ1) is 7.72. The minimum Gasteiger partial charge on any atom is -0.368 e. The highest BCUT2D eigenvalue weighted by Crippen LogP contribution is 2.10. The van der Waals surface area contributed by atoms with Crippen molar-refractivity contribution in [2.24, 2.45) is 21.6 Å². The van der Waals surface area contributed by atoms with Gasteiger partial charge in [0, 0.05) is 5.56 Å². The van der Waals surface area contributed by atoms with Crippen LogP contribution in [0.3, 0.4) is 0 Å². The van der Waals surface area contributed by atoms with Gasteiger partial charge in [-0.3, -0.25) is 5.01 Å². The van der Waals surface area contributed by atoms with Crippen LogP contribution in [-0.4, -0.2) is 23.0 Å². The standard InChI is InChI=1S/C10H10N6/c11-6-8-14-10(12)15-9(16(8)13)7-4-2-1-3-5-7/h1-5,8H,13H2,(H2,12,14). The van der Waals surface area contributed by atoms with Crippen molar-refractivity contribution in [3.63, 3.8) is 0 Å². The maximum absolute atomic E-state index is 8.85. The third kappa shape index (κ3) is 1.71. The van der Waals surface area contributed by atoms with Crippen molar-refractivity contribution >= 4 is 11.8 Å². The highest BCUT2D eigenvalue weighted by Gasteiger charge is 2.23. The zero-order valence-corrected chi connectivity index (χ0v) is 8.41. The number of hydrogen-bond acceptors (Lipinski definition) is 6. The van der Waals surface area contributed by atoms with Gasteiger partial charge in [0.2, 0.25) is 12.1 Å². The molecule has 1 heterocycles. The number of aliphatic imine (C=N–C) groups is 2. The topological polar surface area (TPSA) is 104 Å². The summed E-state index contributed by atoms with van der Waals surface area (Å²) in [6.45, 7) is 0. The van der Waals surface area contributed by atoms with Crippen LogP contribution in [0.5, 0.6) is 0 Å². The number of hydrazine groups is 1. The Labute approximate surface area is 92.5 Å². The summed E-state index contributed by atoms with van der Waals surface area (Å²) >= 11 is 0. The second-order valence-electron chi connectivity index (χ2n) is 3.20. The first-order valence-electron chi connectivity index (χ1n) is 4.63. The highest BCUT2D eigenvalue weighted by molar-refractivity contribution is 6.06. The zero-order valence-electron chi connectivity index (χ0n) is 8.41. The first-order valence-corrected chi connectivity index (χ1v) is 4.63. The molecule has 1 aliphatic rings. The van der Waals surface area contributed by atoms with Crippen LogP contribution in [-0.2, 0) is 0 Å². The Balaban J connectivity index is 2.42. The van der Waals surface area contributed by atoms with Gasteiger partial charge < -0.3 is 5.73 Å². The molecule has 80 valence electrons. The first kappa shape index (κ1) is 10.1. The van der Waals surface area contributed by atoms with Gasteiger partial charge in [-0.05, 0) is 0 Å². The number of nitriles is 1. The van der Waals surface area contributed by atoms with Gasteiger partial charge in [-0.2, -0.15) is 10.3 Å². The van der Waals surface area contributed by atoms with Gasteiger partial charge in [0.25, 0.3) is 0 Å². The molecule has 1 aliphatic heterocycles. The Morgan fingerprint density at radius 3 is 2.62 bits per heavy atom. The van der Waals surface area contributed by atoms with Crippen LogP contribution in [0.1, 0.15) is 5.56 Å². The van der Waals surface area contributed by atoms with Crippen molar-refractivity contribution in [2.75, 3.05) is 0 Å². The lowest BCUT2D eigenvalue weighted by molar-refractivity contribution is 0.384. The molecule has 0 saturated heterocycles. The molecule has 0 amide bonds. The molecular weight excluding hydrogens is 204 g/mol. The number of guanidine groups is 1. The third-order valence-electron chi connectivity index (χ3n) is 2.13. The van der Waals surface area contributed by atoms with Crippen molar-refractivity contribution in [3.8, 4) is 6.07 Å². The summed E-state index contributed by atoms with van der Waals surface area (Å²) < 4.78 is 0. The second-order valence-corrected chi connectivity index (χ2v) is 3.20. The minimum atomic E-state index is -0.826. The van der Waals surface area contributed by atoms with E-state index in [1.807, 2.05) is 36.4 Å².